The van der Waals surface area contributed by atoms with E-state index in [0.29, 0.717) is 17.3 Å². The molecule has 1 aromatic heterocycles. The predicted molar refractivity (Wildman–Crippen MR) is 46.0 cm³/mol. The van der Waals surface area contributed by atoms with E-state index in [9.17, 15) is 8.78 Å². The molecule has 0 aliphatic heterocycles. The summed E-state index contributed by atoms with van der Waals surface area (Å²) in [7, 11) is 0. The summed E-state index contributed by atoms with van der Waals surface area (Å²) in [4.78, 5) is 3.83. The molecule has 68 valence electrons. The van der Waals surface area contributed by atoms with E-state index in [1.165, 1.54) is 6.20 Å². The minimum absolute atomic E-state index is 0.136. The van der Waals surface area contributed by atoms with Gasteiger partial charge in [0, 0.05) is 6.92 Å². The minimum Gasteiger partial charge on any atom is -0.421 e. The van der Waals surface area contributed by atoms with Crippen LogP contribution in [0, 0.1) is 0 Å². The molecule has 1 aromatic rings. The summed E-state index contributed by atoms with van der Waals surface area (Å²) >= 11 is 4.25. The molecule has 0 amide bonds. The van der Waals surface area contributed by atoms with Crippen molar-refractivity contribution in [3.05, 3.63) is 11.2 Å². The molecule has 0 saturated heterocycles. The van der Waals surface area contributed by atoms with Crippen molar-refractivity contribution < 1.29 is 13.5 Å². The largest absolute Gasteiger partial charge is 0.421 e. The van der Waals surface area contributed by atoms with Gasteiger partial charge in [0.25, 0.3) is 0 Å². The predicted octanol–water partition coefficient (Wildman–Crippen LogP) is 3.03. The Kier molecular flexibility index (Phi) is 3.00. The zero-order valence-electron chi connectivity index (χ0n) is 6.18. The molecule has 12 heavy (non-hydrogen) atoms. The number of nitrogens with zero attached hydrogens (tertiary/aromatic N) is 1. The van der Waals surface area contributed by atoms with Crippen molar-refractivity contribution in [2.24, 2.45) is 0 Å². The van der Waals surface area contributed by atoms with Crippen LogP contribution in [0.5, 0.6) is 5.06 Å². The quantitative estimate of drug-likeness (QED) is 0.777. The normalized spacial score (nSPS) is 11.7. The van der Waals surface area contributed by atoms with Crippen LogP contribution in [0.1, 0.15) is 11.9 Å². The Morgan fingerprint density at radius 2 is 2.42 bits per heavy atom. The number of ether oxygens (including phenoxy) is 1. The first-order valence-electron chi connectivity index (χ1n) is 3.09. The van der Waals surface area contributed by atoms with Gasteiger partial charge in [0.1, 0.15) is 5.01 Å². The fourth-order valence-corrected chi connectivity index (χ4v) is 1.75. The molecule has 0 aliphatic carbocycles. The second-order valence-electron chi connectivity index (χ2n) is 2.12. The molecular weight excluding hydrogens is 252 g/mol. The molecule has 0 bridgehead atoms. The van der Waals surface area contributed by atoms with Crippen molar-refractivity contribution >= 4 is 27.3 Å². The third kappa shape index (κ3) is 3.02. The first kappa shape index (κ1) is 9.85. The lowest BCUT2D eigenvalue weighted by atomic mass is 10.7. The lowest BCUT2D eigenvalue weighted by Gasteiger charge is -2.09. The number of halogens is 3. The van der Waals surface area contributed by atoms with Crippen LogP contribution in [-0.4, -0.2) is 11.1 Å². The van der Waals surface area contributed by atoms with E-state index in [1.807, 2.05) is 0 Å². The number of hydrogen-bond donors (Lipinski definition) is 0. The highest BCUT2D eigenvalue weighted by Crippen LogP contribution is 2.27. The van der Waals surface area contributed by atoms with Crippen molar-refractivity contribution in [1.82, 2.24) is 4.98 Å². The van der Waals surface area contributed by atoms with E-state index in [-0.39, 0.29) is 5.06 Å². The summed E-state index contributed by atoms with van der Waals surface area (Å²) in [6.07, 6.45) is -1.84. The summed E-state index contributed by atoms with van der Waals surface area (Å²) in [5.41, 5.74) is 0. The molecule has 1 rings (SSSR count). The molecule has 2 nitrogen and oxygen atoms in total. The van der Waals surface area contributed by atoms with Gasteiger partial charge in [-0.05, 0) is 0 Å². The average Bonchev–Trinajstić information content (AvgIpc) is 2.32. The van der Waals surface area contributed by atoms with Gasteiger partial charge in [0.05, 0.1) is 11.5 Å². The highest BCUT2D eigenvalue weighted by atomic mass is 79.9. The lowest BCUT2D eigenvalue weighted by Crippen LogP contribution is -2.18. The summed E-state index contributed by atoms with van der Waals surface area (Å²) in [5, 5.41) is 1.40. The maximum Gasteiger partial charge on any atom is 0.395 e. The number of aromatic nitrogens is 1. The molecule has 0 spiro atoms. The van der Waals surface area contributed by atoms with E-state index in [2.05, 4.69) is 25.7 Å². The first-order chi connectivity index (χ1) is 5.51. The van der Waals surface area contributed by atoms with Crippen LogP contribution in [0.15, 0.2) is 6.20 Å². The summed E-state index contributed by atoms with van der Waals surface area (Å²) < 4.78 is 28.8. The Balaban J connectivity index is 2.64. The first-order valence-corrected chi connectivity index (χ1v) is 5.02. The van der Waals surface area contributed by atoms with Gasteiger partial charge < -0.3 is 4.74 Å². The Bertz CT molecular complexity index is 260. The summed E-state index contributed by atoms with van der Waals surface area (Å²) in [6, 6.07) is 0. The van der Waals surface area contributed by atoms with Crippen LogP contribution in [-0.2, 0) is 5.33 Å². The summed E-state index contributed by atoms with van der Waals surface area (Å²) in [6.45, 7) is 0.695. The van der Waals surface area contributed by atoms with E-state index < -0.39 is 6.11 Å². The molecule has 0 saturated carbocycles. The third-order valence-corrected chi connectivity index (χ3v) is 2.70. The zero-order chi connectivity index (χ0) is 9.19. The van der Waals surface area contributed by atoms with Gasteiger partial charge >= 0.3 is 6.11 Å². The molecule has 1 heterocycles. The van der Waals surface area contributed by atoms with Gasteiger partial charge in [-0.3, -0.25) is 0 Å². The molecule has 0 N–H and O–H groups in total. The second-order valence-corrected chi connectivity index (χ2v) is 3.76. The Morgan fingerprint density at radius 3 is 2.83 bits per heavy atom. The van der Waals surface area contributed by atoms with Gasteiger partial charge in [-0.1, -0.05) is 27.3 Å². The van der Waals surface area contributed by atoms with E-state index in [4.69, 9.17) is 0 Å². The number of alkyl halides is 3. The Morgan fingerprint density at radius 1 is 1.75 bits per heavy atom. The standard InChI is InChI=1S/C6H6BrF2NOS/c1-6(8,9)11-5-3-10-4(2-7)12-5/h3H,2H2,1H3. The molecule has 0 unspecified atom stereocenters. The number of thiazole rings is 1. The summed E-state index contributed by atoms with van der Waals surface area (Å²) in [5.74, 6) is 0. The SMILES string of the molecule is CC(F)(F)Oc1cnc(CBr)s1. The Labute approximate surface area is 80.7 Å². The van der Waals surface area contributed by atoms with Gasteiger partial charge in [-0.2, -0.15) is 8.78 Å². The third-order valence-electron chi connectivity index (χ3n) is 0.926. The van der Waals surface area contributed by atoms with Gasteiger partial charge in [-0.15, -0.1) is 0 Å². The van der Waals surface area contributed by atoms with Crippen molar-refractivity contribution in [3.8, 4) is 5.06 Å². The second kappa shape index (κ2) is 3.66. The van der Waals surface area contributed by atoms with E-state index in [1.54, 1.807) is 0 Å². The molecule has 0 atom stereocenters. The van der Waals surface area contributed by atoms with Gasteiger partial charge in [0.2, 0.25) is 5.06 Å². The van der Waals surface area contributed by atoms with E-state index >= 15 is 0 Å². The highest BCUT2D eigenvalue weighted by Gasteiger charge is 2.24. The molecule has 0 radical (unpaired) electrons. The maximum atomic E-state index is 12.3. The van der Waals surface area contributed by atoms with Crippen molar-refractivity contribution in [1.29, 1.82) is 0 Å². The van der Waals surface area contributed by atoms with Gasteiger partial charge in [-0.25, -0.2) is 4.98 Å². The van der Waals surface area contributed by atoms with Crippen LogP contribution in [0.4, 0.5) is 8.78 Å². The van der Waals surface area contributed by atoms with Crippen LogP contribution in [0.25, 0.3) is 0 Å². The van der Waals surface area contributed by atoms with Crippen molar-refractivity contribution in [2.75, 3.05) is 0 Å². The minimum atomic E-state index is -3.13. The lowest BCUT2D eigenvalue weighted by molar-refractivity contribution is -0.157. The molecule has 0 fully saturated rings. The maximum absolute atomic E-state index is 12.3. The fourth-order valence-electron chi connectivity index (χ4n) is 0.579. The molecular formula is C6H6BrF2NOS. The smallest absolute Gasteiger partial charge is 0.395 e. The Hall–Kier alpha value is -0.230. The number of rotatable bonds is 3. The molecule has 0 aliphatic rings. The van der Waals surface area contributed by atoms with E-state index in [0.717, 1.165) is 11.3 Å². The van der Waals surface area contributed by atoms with Crippen molar-refractivity contribution in [2.45, 2.75) is 18.4 Å². The average molecular weight is 258 g/mol. The molecule has 0 aromatic carbocycles. The topological polar surface area (TPSA) is 22.1 Å². The monoisotopic (exact) mass is 257 g/mol. The van der Waals surface area contributed by atoms with Crippen LogP contribution in [0.2, 0.25) is 0 Å². The number of hydrogen-bond acceptors (Lipinski definition) is 3. The zero-order valence-corrected chi connectivity index (χ0v) is 8.58. The highest BCUT2D eigenvalue weighted by molar-refractivity contribution is 9.08. The van der Waals surface area contributed by atoms with Crippen LogP contribution < -0.4 is 4.74 Å². The van der Waals surface area contributed by atoms with Crippen LogP contribution >= 0.6 is 27.3 Å². The fraction of sp³-hybridized carbons (Fsp3) is 0.500. The molecule has 6 heteroatoms. The van der Waals surface area contributed by atoms with Gasteiger partial charge in [0.15, 0.2) is 0 Å². The van der Waals surface area contributed by atoms with Crippen LogP contribution in [0.3, 0.4) is 0 Å². The van der Waals surface area contributed by atoms with Crippen molar-refractivity contribution in [3.63, 3.8) is 0 Å².